The molecule has 0 saturated heterocycles. The van der Waals surface area contributed by atoms with Crippen molar-refractivity contribution in [3.8, 4) is 5.75 Å². The standard InChI is InChI=1S/C16H17ClO2/c1-10-5-4-6-13(15(10)17)16(18)12-7-8-14(19-3)11(2)9-12/h4-9,16,18H,1-3H3. The van der Waals surface area contributed by atoms with E-state index in [1.807, 2.05) is 50.2 Å². The fraction of sp³-hybridized carbons (Fsp3) is 0.250. The van der Waals surface area contributed by atoms with Gasteiger partial charge in [-0.25, -0.2) is 0 Å². The van der Waals surface area contributed by atoms with E-state index >= 15 is 0 Å². The summed E-state index contributed by atoms with van der Waals surface area (Å²) in [5.41, 5.74) is 3.49. The number of aliphatic hydroxyl groups excluding tert-OH is 1. The molecular weight excluding hydrogens is 260 g/mol. The molecule has 100 valence electrons. The first kappa shape index (κ1) is 13.9. The van der Waals surface area contributed by atoms with E-state index in [4.69, 9.17) is 16.3 Å². The highest BCUT2D eigenvalue weighted by Gasteiger charge is 2.15. The minimum Gasteiger partial charge on any atom is -0.496 e. The molecule has 0 aliphatic heterocycles. The van der Waals surface area contributed by atoms with E-state index in [1.165, 1.54) is 0 Å². The molecule has 0 aliphatic carbocycles. The highest BCUT2D eigenvalue weighted by Crippen LogP contribution is 2.32. The van der Waals surface area contributed by atoms with Crippen LogP contribution in [0.1, 0.15) is 28.4 Å². The summed E-state index contributed by atoms with van der Waals surface area (Å²) in [4.78, 5) is 0. The van der Waals surface area contributed by atoms with Crippen molar-refractivity contribution in [2.75, 3.05) is 7.11 Å². The molecule has 0 fully saturated rings. The number of methoxy groups -OCH3 is 1. The molecule has 19 heavy (non-hydrogen) atoms. The third-order valence-corrected chi connectivity index (χ3v) is 3.77. The summed E-state index contributed by atoms with van der Waals surface area (Å²) in [5.74, 6) is 0.811. The van der Waals surface area contributed by atoms with Gasteiger partial charge in [0.25, 0.3) is 0 Å². The Balaban J connectivity index is 2.41. The van der Waals surface area contributed by atoms with Gasteiger partial charge < -0.3 is 9.84 Å². The molecule has 2 nitrogen and oxygen atoms in total. The normalized spacial score (nSPS) is 12.3. The van der Waals surface area contributed by atoms with Gasteiger partial charge >= 0.3 is 0 Å². The monoisotopic (exact) mass is 276 g/mol. The second-order valence-corrected chi connectivity index (χ2v) is 4.99. The van der Waals surface area contributed by atoms with Crippen molar-refractivity contribution in [2.24, 2.45) is 0 Å². The molecule has 0 bridgehead atoms. The Bertz CT molecular complexity index is 593. The molecule has 2 aromatic rings. The van der Waals surface area contributed by atoms with Crippen LogP contribution in [0.3, 0.4) is 0 Å². The van der Waals surface area contributed by atoms with Crippen LogP contribution in [-0.4, -0.2) is 12.2 Å². The number of halogens is 1. The molecule has 2 aromatic carbocycles. The maximum absolute atomic E-state index is 10.5. The van der Waals surface area contributed by atoms with E-state index in [-0.39, 0.29) is 0 Å². The molecule has 0 spiro atoms. The number of rotatable bonds is 3. The second kappa shape index (κ2) is 5.64. The summed E-state index contributed by atoms with van der Waals surface area (Å²) in [6.45, 7) is 3.88. The van der Waals surface area contributed by atoms with Crippen LogP contribution in [0.4, 0.5) is 0 Å². The van der Waals surface area contributed by atoms with Crippen molar-refractivity contribution in [3.63, 3.8) is 0 Å². The first-order chi connectivity index (χ1) is 9.04. The van der Waals surface area contributed by atoms with Gasteiger partial charge in [0, 0.05) is 10.6 Å². The fourth-order valence-electron chi connectivity index (χ4n) is 2.13. The molecule has 0 aromatic heterocycles. The summed E-state index contributed by atoms with van der Waals surface area (Å²) >= 11 is 6.25. The van der Waals surface area contributed by atoms with Gasteiger partial charge in [-0.2, -0.15) is 0 Å². The van der Waals surface area contributed by atoms with Crippen LogP contribution in [-0.2, 0) is 0 Å². The summed E-state index contributed by atoms with van der Waals surface area (Å²) in [7, 11) is 1.63. The third-order valence-electron chi connectivity index (χ3n) is 3.25. The van der Waals surface area contributed by atoms with Crippen LogP contribution in [0.25, 0.3) is 0 Å². The molecule has 0 heterocycles. The molecule has 3 heteroatoms. The van der Waals surface area contributed by atoms with Crippen LogP contribution >= 0.6 is 11.6 Å². The zero-order valence-electron chi connectivity index (χ0n) is 11.3. The molecule has 0 radical (unpaired) electrons. The summed E-state index contributed by atoms with van der Waals surface area (Å²) in [5, 5.41) is 11.1. The highest BCUT2D eigenvalue weighted by molar-refractivity contribution is 6.32. The van der Waals surface area contributed by atoms with E-state index in [1.54, 1.807) is 7.11 Å². The zero-order chi connectivity index (χ0) is 14.0. The number of aryl methyl sites for hydroxylation is 2. The van der Waals surface area contributed by atoms with E-state index < -0.39 is 6.10 Å². The minimum atomic E-state index is -0.725. The van der Waals surface area contributed by atoms with Gasteiger partial charge in [-0.1, -0.05) is 35.9 Å². The van der Waals surface area contributed by atoms with Crippen molar-refractivity contribution in [1.29, 1.82) is 0 Å². The predicted octanol–water partition coefficient (Wildman–Crippen LogP) is 4.05. The Hall–Kier alpha value is -1.51. The van der Waals surface area contributed by atoms with E-state index in [2.05, 4.69) is 0 Å². The summed E-state index contributed by atoms with van der Waals surface area (Å²) < 4.78 is 5.22. The quantitative estimate of drug-likeness (QED) is 0.916. The van der Waals surface area contributed by atoms with Crippen molar-refractivity contribution in [2.45, 2.75) is 20.0 Å². The van der Waals surface area contributed by atoms with Gasteiger partial charge in [0.2, 0.25) is 0 Å². The molecule has 2 rings (SSSR count). The lowest BCUT2D eigenvalue weighted by Crippen LogP contribution is -2.02. The molecule has 0 saturated carbocycles. The Morgan fingerprint density at radius 2 is 1.84 bits per heavy atom. The molecule has 1 unspecified atom stereocenters. The number of aliphatic hydroxyl groups is 1. The third kappa shape index (κ3) is 2.75. The lowest BCUT2D eigenvalue weighted by Gasteiger charge is -2.16. The van der Waals surface area contributed by atoms with Crippen molar-refractivity contribution in [1.82, 2.24) is 0 Å². The Kier molecular flexibility index (Phi) is 4.13. The summed E-state index contributed by atoms with van der Waals surface area (Å²) in [6.07, 6.45) is -0.725. The van der Waals surface area contributed by atoms with E-state index in [9.17, 15) is 5.11 Å². The maximum atomic E-state index is 10.5. The lowest BCUT2D eigenvalue weighted by atomic mass is 9.98. The smallest absolute Gasteiger partial charge is 0.121 e. The van der Waals surface area contributed by atoms with Crippen LogP contribution in [0.5, 0.6) is 5.75 Å². The number of ether oxygens (including phenoxy) is 1. The molecule has 0 aliphatic rings. The van der Waals surface area contributed by atoms with Gasteiger partial charge in [-0.15, -0.1) is 0 Å². The number of hydrogen-bond donors (Lipinski definition) is 1. The maximum Gasteiger partial charge on any atom is 0.121 e. The fourth-order valence-corrected chi connectivity index (χ4v) is 2.36. The molecule has 0 amide bonds. The van der Waals surface area contributed by atoms with Crippen LogP contribution in [0.2, 0.25) is 5.02 Å². The van der Waals surface area contributed by atoms with Crippen LogP contribution in [0.15, 0.2) is 36.4 Å². The van der Waals surface area contributed by atoms with E-state index in [0.29, 0.717) is 5.02 Å². The lowest BCUT2D eigenvalue weighted by molar-refractivity contribution is 0.220. The van der Waals surface area contributed by atoms with Gasteiger partial charge in [-0.05, 0) is 42.7 Å². The Labute approximate surface area is 118 Å². The van der Waals surface area contributed by atoms with Gasteiger partial charge in [-0.3, -0.25) is 0 Å². The predicted molar refractivity (Wildman–Crippen MR) is 78.0 cm³/mol. The van der Waals surface area contributed by atoms with Gasteiger partial charge in [0.15, 0.2) is 0 Å². The Morgan fingerprint density at radius 1 is 1.11 bits per heavy atom. The molecular formula is C16H17ClO2. The van der Waals surface area contributed by atoms with Gasteiger partial charge in [0.1, 0.15) is 11.9 Å². The number of hydrogen-bond acceptors (Lipinski definition) is 2. The average molecular weight is 277 g/mol. The topological polar surface area (TPSA) is 29.5 Å². The molecule has 1 N–H and O–H groups in total. The molecule has 1 atom stereocenters. The first-order valence-corrected chi connectivity index (χ1v) is 6.50. The van der Waals surface area contributed by atoms with Crippen molar-refractivity contribution in [3.05, 3.63) is 63.7 Å². The largest absolute Gasteiger partial charge is 0.496 e. The Morgan fingerprint density at radius 3 is 2.47 bits per heavy atom. The van der Waals surface area contributed by atoms with Gasteiger partial charge in [0.05, 0.1) is 7.11 Å². The van der Waals surface area contributed by atoms with Crippen LogP contribution in [0, 0.1) is 13.8 Å². The van der Waals surface area contributed by atoms with Crippen LogP contribution < -0.4 is 4.74 Å². The SMILES string of the molecule is COc1ccc(C(O)c2cccc(C)c2Cl)cc1C. The number of benzene rings is 2. The first-order valence-electron chi connectivity index (χ1n) is 6.12. The summed E-state index contributed by atoms with van der Waals surface area (Å²) in [6, 6.07) is 11.3. The average Bonchev–Trinajstić information content (AvgIpc) is 2.41. The highest BCUT2D eigenvalue weighted by atomic mass is 35.5. The van der Waals surface area contributed by atoms with Crippen molar-refractivity contribution < 1.29 is 9.84 Å². The van der Waals surface area contributed by atoms with Crippen molar-refractivity contribution >= 4 is 11.6 Å². The van der Waals surface area contributed by atoms with E-state index in [0.717, 1.165) is 28.0 Å². The minimum absolute atomic E-state index is 0.614. The second-order valence-electron chi connectivity index (χ2n) is 4.61. The zero-order valence-corrected chi connectivity index (χ0v) is 12.0.